The van der Waals surface area contributed by atoms with Crippen LogP contribution >= 0.6 is 34.8 Å². The Balaban J connectivity index is 2.08. The average molecular weight is 494 g/mol. The number of anilines is 2. The Morgan fingerprint density at radius 2 is 1.65 bits per heavy atom. The Labute approximate surface area is 190 Å². The Morgan fingerprint density at radius 1 is 1.00 bits per heavy atom. The van der Waals surface area contributed by atoms with Gasteiger partial charge >= 0.3 is 12.2 Å². The van der Waals surface area contributed by atoms with Crippen molar-refractivity contribution in [2.75, 3.05) is 17.3 Å². The van der Waals surface area contributed by atoms with Crippen LogP contribution in [-0.4, -0.2) is 39.7 Å². The van der Waals surface area contributed by atoms with Crippen LogP contribution in [0.2, 0.25) is 0 Å². The summed E-state index contributed by atoms with van der Waals surface area (Å²) >= 11 is 18.0. The molecule has 1 N–H and O–H groups in total. The number of amidine groups is 1. The first-order chi connectivity index (χ1) is 14.4. The number of halogens is 6. The number of amides is 3. The molecular formula is C19H14Cl3F3N4O2. The zero-order valence-electron chi connectivity index (χ0n) is 15.7. The molecule has 2 aromatic carbocycles. The second-order valence-electron chi connectivity index (χ2n) is 6.44. The summed E-state index contributed by atoms with van der Waals surface area (Å²) in [6, 6.07) is 11.5. The van der Waals surface area contributed by atoms with Crippen LogP contribution in [0.25, 0.3) is 0 Å². The van der Waals surface area contributed by atoms with Gasteiger partial charge in [-0.1, -0.05) is 59.1 Å². The molecule has 31 heavy (non-hydrogen) atoms. The lowest BCUT2D eigenvalue weighted by molar-refractivity contribution is -0.137. The Kier molecular flexibility index (Phi) is 6.40. The van der Waals surface area contributed by atoms with Crippen molar-refractivity contribution in [1.29, 1.82) is 0 Å². The maximum absolute atomic E-state index is 13.1. The maximum atomic E-state index is 13.1. The molecule has 164 valence electrons. The molecule has 0 aromatic heterocycles. The third-order valence-corrected chi connectivity index (χ3v) is 4.88. The minimum absolute atomic E-state index is 0.209. The molecule has 2 aromatic rings. The molecule has 6 nitrogen and oxygen atoms in total. The lowest BCUT2D eigenvalue weighted by Gasteiger charge is -2.24. The van der Waals surface area contributed by atoms with Gasteiger partial charge in [0.05, 0.1) is 11.3 Å². The normalized spacial score (nSPS) is 17.5. The predicted octanol–water partition coefficient (Wildman–Crippen LogP) is 5.31. The maximum Gasteiger partial charge on any atom is 0.416 e. The number of hydrogen-bond donors (Lipinski definition) is 1. The molecule has 0 aliphatic carbocycles. The highest BCUT2D eigenvalue weighted by Gasteiger charge is 2.44. The van der Waals surface area contributed by atoms with E-state index in [0.717, 1.165) is 23.1 Å². The van der Waals surface area contributed by atoms with Gasteiger partial charge in [0.15, 0.2) is 6.17 Å². The molecule has 1 fully saturated rings. The fourth-order valence-corrected chi connectivity index (χ4v) is 3.05. The van der Waals surface area contributed by atoms with E-state index in [4.69, 9.17) is 34.8 Å². The first-order valence-electron chi connectivity index (χ1n) is 8.65. The van der Waals surface area contributed by atoms with E-state index in [2.05, 4.69) is 10.3 Å². The van der Waals surface area contributed by atoms with Crippen LogP contribution < -0.4 is 10.2 Å². The van der Waals surface area contributed by atoms with E-state index in [9.17, 15) is 22.8 Å². The van der Waals surface area contributed by atoms with E-state index in [1.807, 2.05) is 0 Å². The standard InChI is InChI=1S/C19H14Cl3F3N4O2/c1-28-15(30)14(27-16(18(20,21)22)26-12-7-3-2-4-8-12)29(17(28)31)13-9-5-6-11(10-13)19(23,24)25/h2-10,16,26H,1H3. The van der Waals surface area contributed by atoms with Crippen molar-refractivity contribution in [2.24, 2.45) is 4.99 Å². The van der Waals surface area contributed by atoms with Crippen LogP contribution in [0.15, 0.2) is 59.6 Å². The number of urea groups is 1. The number of carbonyl (C=O) groups excluding carboxylic acids is 2. The zero-order chi connectivity index (χ0) is 23.0. The van der Waals surface area contributed by atoms with Gasteiger partial charge in [-0.2, -0.15) is 13.2 Å². The fraction of sp³-hybridized carbons (Fsp3) is 0.211. The smallest absolute Gasteiger partial charge is 0.360 e. The highest BCUT2D eigenvalue weighted by molar-refractivity contribution is 6.68. The lowest BCUT2D eigenvalue weighted by Crippen LogP contribution is -2.38. The molecular weight excluding hydrogens is 480 g/mol. The van der Waals surface area contributed by atoms with Gasteiger partial charge in [-0.25, -0.2) is 14.7 Å². The predicted molar refractivity (Wildman–Crippen MR) is 114 cm³/mol. The van der Waals surface area contributed by atoms with E-state index >= 15 is 0 Å². The highest BCUT2D eigenvalue weighted by Crippen LogP contribution is 2.35. The van der Waals surface area contributed by atoms with Crippen molar-refractivity contribution < 1.29 is 22.8 Å². The van der Waals surface area contributed by atoms with E-state index < -0.39 is 39.5 Å². The molecule has 3 rings (SSSR count). The number of aliphatic imine (C=N–C) groups is 1. The third-order valence-electron chi connectivity index (χ3n) is 4.26. The van der Waals surface area contributed by atoms with Crippen molar-refractivity contribution in [2.45, 2.75) is 16.1 Å². The minimum atomic E-state index is -4.65. The summed E-state index contributed by atoms with van der Waals surface area (Å²) in [6.45, 7) is 0. The molecule has 3 amide bonds. The number of nitrogens with zero attached hydrogens (tertiary/aromatic N) is 3. The van der Waals surface area contributed by atoms with Crippen LogP contribution in [0.1, 0.15) is 5.56 Å². The molecule has 12 heteroatoms. The summed E-state index contributed by atoms with van der Waals surface area (Å²) < 4.78 is 37.4. The van der Waals surface area contributed by atoms with Crippen LogP contribution in [0.5, 0.6) is 0 Å². The van der Waals surface area contributed by atoms with Crippen molar-refractivity contribution in [1.82, 2.24) is 4.90 Å². The number of benzene rings is 2. The quantitative estimate of drug-likeness (QED) is 0.464. The van der Waals surface area contributed by atoms with Gasteiger partial charge in [0.2, 0.25) is 9.63 Å². The number of nitrogens with one attached hydrogen (secondary N) is 1. The Morgan fingerprint density at radius 3 is 2.23 bits per heavy atom. The summed E-state index contributed by atoms with van der Waals surface area (Å²) in [4.78, 5) is 30.8. The van der Waals surface area contributed by atoms with Crippen molar-refractivity contribution >= 4 is 64.0 Å². The zero-order valence-corrected chi connectivity index (χ0v) is 18.0. The second-order valence-corrected chi connectivity index (χ2v) is 8.81. The number of carbonyl (C=O) groups is 2. The lowest BCUT2D eigenvalue weighted by atomic mass is 10.2. The van der Waals surface area contributed by atoms with Gasteiger partial charge in [0, 0.05) is 12.7 Å². The van der Waals surface area contributed by atoms with Crippen molar-refractivity contribution in [3.05, 3.63) is 60.2 Å². The fourth-order valence-electron chi connectivity index (χ4n) is 2.74. The van der Waals surface area contributed by atoms with Crippen LogP contribution in [-0.2, 0) is 11.0 Å². The van der Waals surface area contributed by atoms with E-state index in [-0.39, 0.29) is 5.69 Å². The molecule has 0 spiro atoms. The Bertz CT molecular complexity index is 1030. The van der Waals surface area contributed by atoms with Gasteiger partial charge in [-0.15, -0.1) is 0 Å². The van der Waals surface area contributed by atoms with Crippen LogP contribution in [0.4, 0.5) is 29.3 Å². The minimum Gasteiger partial charge on any atom is -0.360 e. The molecule has 1 aliphatic heterocycles. The van der Waals surface area contributed by atoms with E-state index in [1.165, 1.54) is 13.1 Å². The van der Waals surface area contributed by atoms with E-state index in [1.54, 1.807) is 30.3 Å². The molecule has 1 aliphatic rings. The van der Waals surface area contributed by atoms with Gasteiger partial charge < -0.3 is 5.32 Å². The number of alkyl halides is 6. The van der Waals surface area contributed by atoms with Gasteiger partial charge in [0.25, 0.3) is 5.91 Å². The first-order valence-corrected chi connectivity index (χ1v) is 9.78. The molecule has 0 bridgehead atoms. The Hall–Kier alpha value is -2.49. The van der Waals surface area contributed by atoms with Crippen LogP contribution in [0.3, 0.4) is 0 Å². The second kappa shape index (κ2) is 8.57. The largest absolute Gasteiger partial charge is 0.416 e. The molecule has 1 heterocycles. The van der Waals surface area contributed by atoms with Gasteiger partial charge in [-0.3, -0.25) is 9.69 Å². The molecule has 0 saturated carbocycles. The number of para-hydroxylation sites is 1. The summed E-state index contributed by atoms with van der Waals surface area (Å²) in [5.41, 5.74) is -0.711. The first kappa shape index (κ1) is 23.2. The van der Waals surface area contributed by atoms with E-state index in [0.29, 0.717) is 10.6 Å². The van der Waals surface area contributed by atoms with Crippen molar-refractivity contribution in [3.63, 3.8) is 0 Å². The van der Waals surface area contributed by atoms with Crippen molar-refractivity contribution in [3.8, 4) is 0 Å². The average Bonchev–Trinajstić information content (AvgIpc) is 2.91. The number of rotatable bonds is 4. The molecule has 0 radical (unpaired) electrons. The number of likely N-dealkylation sites (N-methyl/N-ethyl adjacent to an activating group) is 1. The number of imide groups is 1. The van der Waals surface area contributed by atoms with Crippen LogP contribution in [0, 0.1) is 0 Å². The topological polar surface area (TPSA) is 65.0 Å². The summed E-state index contributed by atoms with van der Waals surface area (Å²) in [5.74, 6) is -1.36. The molecule has 1 atom stereocenters. The van der Waals surface area contributed by atoms with Gasteiger partial charge in [-0.05, 0) is 30.3 Å². The SMILES string of the molecule is CN1C(=O)C(=NC(Nc2ccccc2)C(Cl)(Cl)Cl)N(c2cccc(C(F)(F)F)c2)C1=O. The summed E-state index contributed by atoms with van der Waals surface area (Å²) in [5, 5.41) is 2.83. The van der Waals surface area contributed by atoms with Gasteiger partial charge in [0.1, 0.15) is 0 Å². The third kappa shape index (κ3) is 5.06. The summed E-state index contributed by atoms with van der Waals surface area (Å²) in [7, 11) is 1.17. The molecule has 1 unspecified atom stereocenters. The highest BCUT2D eigenvalue weighted by atomic mass is 35.6. The summed E-state index contributed by atoms with van der Waals surface area (Å²) in [6.07, 6.45) is -5.99. The monoisotopic (exact) mass is 492 g/mol. The number of hydrogen-bond acceptors (Lipinski definition) is 4. The molecule has 1 saturated heterocycles.